The van der Waals surface area contributed by atoms with Crippen LogP contribution >= 0.6 is 0 Å². The van der Waals surface area contributed by atoms with Gasteiger partial charge in [-0.2, -0.15) is 0 Å². The molecule has 0 unspecified atom stereocenters. The Bertz CT molecular complexity index is 343. The van der Waals surface area contributed by atoms with Crippen molar-refractivity contribution >= 4 is 11.4 Å². The topological polar surface area (TPSA) is 41.3 Å². The van der Waals surface area contributed by atoms with Crippen molar-refractivity contribution in [3.05, 3.63) is 23.8 Å². The third-order valence-corrected chi connectivity index (χ3v) is 3.27. The molecular weight excluding hydrogens is 198 g/mol. The number of nitrogen functional groups attached to an aromatic ring is 1. The second-order valence-electron chi connectivity index (χ2n) is 4.51. The molecule has 0 atom stereocenters. The third-order valence-electron chi connectivity index (χ3n) is 3.27. The Morgan fingerprint density at radius 3 is 2.81 bits per heavy atom. The number of nitrogens with zero attached hydrogens (tertiary/aromatic N) is 1. The van der Waals surface area contributed by atoms with E-state index in [4.69, 9.17) is 5.73 Å². The zero-order chi connectivity index (χ0) is 11.4. The number of likely N-dealkylation sites (tertiary alicyclic amines) is 1. The average molecular weight is 219 g/mol. The van der Waals surface area contributed by atoms with E-state index in [1.54, 1.807) is 0 Å². The van der Waals surface area contributed by atoms with Crippen LogP contribution in [0.3, 0.4) is 0 Å². The van der Waals surface area contributed by atoms with Gasteiger partial charge in [0.2, 0.25) is 0 Å². The van der Waals surface area contributed by atoms with Gasteiger partial charge >= 0.3 is 0 Å². The van der Waals surface area contributed by atoms with E-state index >= 15 is 0 Å². The zero-order valence-electron chi connectivity index (χ0n) is 10.00. The van der Waals surface area contributed by atoms with Crippen molar-refractivity contribution in [3.8, 4) is 0 Å². The lowest BCUT2D eigenvalue weighted by molar-refractivity contribution is 0.353. The highest BCUT2D eigenvalue weighted by atomic mass is 15.1. The Labute approximate surface area is 97.6 Å². The smallest absolute Gasteiger partial charge is 0.0579 e. The number of nitrogens with two attached hydrogens (primary N) is 1. The maximum Gasteiger partial charge on any atom is 0.0579 e. The van der Waals surface area contributed by atoms with Gasteiger partial charge in [-0.15, -0.1) is 0 Å². The van der Waals surface area contributed by atoms with Crippen molar-refractivity contribution in [2.24, 2.45) is 0 Å². The molecule has 0 radical (unpaired) electrons. The molecule has 0 aromatic heterocycles. The molecular formula is C13H21N3. The summed E-state index contributed by atoms with van der Waals surface area (Å²) >= 11 is 0. The summed E-state index contributed by atoms with van der Waals surface area (Å²) < 4.78 is 0. The van der Waals surface area contributed by atoms with Crippen LogP contribution in [0, 0.1) is 6.92 Å². The van der Waals surface area contributed by atoms with Crippen molar-refractivity contribution in [1.29, 1.82) is 0 Å². The molecule has 1 heterocycles. The Morgan fingerprint density at radius 1 is 1.31 bits per heavy atom. The molecule has 0 amide bonds. The number of para-hydroxylation sites is 1. The molecule has 1 aliphatic rings. The molecule has 1 saturated heterocycles. The van der Waals surface area contributed by atoms with E-state index in [1.165, 1.54) is 25.9 Å². The van der Waals surface area contributed by atoms with E-state index in [1.807, 2.05) is 25.1 Å². The number of hydrogen-bond acceptors (Lipinski definition) is 3. The van der Waals surface area contributed by atoms with Crippen molar-refractivity contribution in [2.75, 3.05) is 37.2 Å². The third kappa shape index (κ3) is 2.67. The quantitative estimate of drug-likeness (QED) is 0.762. The fraction of sp³-hybridized carbons (Fsp3) is 0.538. The summed E-state index contributed by atoms with van der Waals surface area (Å²) in [5.41, 5.74) is 9.09. The second-order valence-corrected chi connectivity index (χ2v) is 4.51. The number of anilines is 2. The molecule has 1 aromatic rings. The molecule has 1 fully saturated rings. The van der Waals surface area contributed by atoms with Gasteiger partial charge < -0.3 is 16.0 Å². The fourth-order valence-corrected chi connectivity index (χ4v) is 2.19. The summed E-state index contributed by atoms with van der Waals surface area (Å²) in [6.45, 7) is 6.65. The number of benzene rings is 1. The number of hydrogen-bond donors (Lipinski definition) is 2. The SMILES string of the molecule is Cc1cccc(NCCN2CCCC2)c1N. The van der Waals surface area contributed by atoms with Crippen molar-refractivity contribution in [2.45, 2.75) is 19.8 Å². The zero-order valence-corrected chi connectivity index (χ0v) is 10.00. The molecule has 88 valence electrons. The number of rotatable bonds is 4. The maximum atomic E-state index is 6.00. The molecule has 0 spiro atoms. The standard InChI is InChI=1S/C13H21N3/c1-11-5-4-6-12(13(11)14)15-7-10-16-8-2-3-9-16/h4-6,15H,2-3,7-10,14H2,1H3. The minimum absolute atomic E-state index is 0.879. The summed E-state index contributed by atoms with van der Waals surface area (Å²) in [7, 11) is 0. The minimum Gasteiger partial charge on any atom is -0.397 e. The normalized spacial score (nSPS) is 16.6. The molecule has 3 N–H and O–H groups in total. The van der Waals surface area contributed by atoms with Crippen molar-refractivity contribution in [1.82, 2.24) is 4.90 Å². The van der Waals surface area contributed by atoms with Crippen LogP contribution in [-0.2, 0) is 0 Å². The number of nitrogens with one attached hydrogen (secondary N) is 1. The maximum absolute atomic E-state index is 6.00. The molecule has 2 rings (SSSR count). The van der Waals surface area contributed by atoms with Crippen LogP contribution < -0.4 is 11.1 Å². The van der Waals surface area contributed by atoms with Gasteiger partial charge in [0.15, 0.2) is 0 Å². The summed E-state index contributed by atoms with van der Waals surface area (Å²) in [6.07, 6.45) is 2.71. The summed E-state index contributed by atoms with van der Waals surface area (Å²) in [5, 5.41) is 3.41. The highest BCUT2D eigenvalue weighted by molar-refractivity contribution is 5.69. The molecule has 16 heavy (non-hydrogen) atoms. The van der Waals surface area contributed by atoms with E-state index in [0.717, 1.165) is 30.0 Å². The van der Waals surface area contributed by atoms with Gasteiger partial charge in [0.05, 0.1) is 11.4 Å². The Morgan fingerprint density at radius 2 is 2.06 bits per heavy atom. The molecule has 1 aromatic carbocycles. The van der Waals surface area contributed by atoms with Crippen LogP contribution in [0.5, 0.6) is 0 Å². The van der Waals surface area contributed by atoms with Gasteiger partial charge in [-0.1, -0.05) is 12.1 Å². The van der Waals surface area contributed by atoms with E-state index in [9.17, 15) is 0 Å². The lowest BCUT2D eigenvalue weighted by Gasteiger charge is -2.16. The molecule has 0 aliphatic carbocycles. The first-order valence-corrected chi connectivity index (χ1v) is 6.08. The Kier molecular flexibility index (Phi) is 3.67. The molecule has 3 nitrogen and oxygen atoms in total. The van der Waals surface area contributed by atoms with Gasteiger partial charge in [0.25, 0.3) is 0 Å². The van der Waals surface area contributed by atoms with Crippen LogP contribution in [0.2, 0.25) is 0 Å². The first-order chi connectivity index (χ1) is 7.77. The van der Waals surface area contributed by atoms with Crippen LogP contribution in [0.15, 0.2) is 18.2 Å². The van der Waals surface area contributed by atoms with Gasteiger partial charge in [-0.25, -0.2) is 0 Å². The predicted octanol–water partition coefficient (Wildman–Crippen LogP) is 2.08. The van der Waals surface area contributed by atoms with Gasteiger partial charge in [0.1, 0.15) is 0 Å². The lowest BCUT2D eigenvalue weighted by atomic mass is 10.2. The lowest BCUT2D eigenvalue weighted by Crippen LogP contribution is -2.26. The van der Waals surface area contributed by atoms with E-state index < -0.39 is 0 Å². The summed E-state index contributed by atoms with van der Waals surface area (Å²) in [5.74, 6) is 0. The van der Waals surface area contributed by atoms with Crippen LogP contribution in [0.4, 0.5) is 11.4 Å². The molecule has 0 saturated carbocycles. The summed E-state index contributed by atoms with van der Waals surface area (Å²) in [6, 6.07) is 6.14. The average Bonchev–Trinajstić information content (AvgIpc) is 2.77. The fourth-order valence-electron chi connectivity index (χ4n) is 2.19. The first-order valence-electron chi connectivity index (χ1n) is 6.08. The Balaban J connectivity index is 1.82. The Hall–Kier alpha value is -1.22. The predicted molar refractivity (Wildman–Crippen MR) is 69.8 cm³/mol. The van der Waals surface area contributed by atoms with E-state index in [-0.39, 0.29) is 0 Å². The van der Waals surface area contributed by atoms with Crippen LogP contribution in [0.25, 0.3) is 0 Å². The highest BCUT2D eigenvalue weighted by Gasteiger charge is 2.10. The monoisotopic (exact) mass is 219 g/mol. The summed E-state index contributed by atoms with van der Waals surface area (Å²) in [4.78, 5) is 2.50. The second kappa shape index (κ2) is 5.21. The largest absolute Gasteiger partial charge is 0.397 e. The molecule has 1 aliphatic heterocycles. The van der Waals surface area contributed by atoms with E-state index in [2.05, 4.69) is 10.2 Å². The number of aryl methyl sites for hydroxylation is 1. The highest BCUT2D eigenvalue weighted by Crippen LogP contribution is 2.21. The van der Waals surface area contributed by atoms with E-state index in [0.29, 0.717) is 0 Å². The molecule has 0 bridgehead atoms. The van der Waals surface area contributed by atoms with Crippen molar-refractivity contribution in [3.63, 3.8) is 0 Å². The minimum atomic E-state index is 0.879. The van der Waals surface area contributed by atoms with Gasteiger partial charge in [0, 0.05) is 13.1 Å². The van der Waals surface area contributed by atoms with Gasteiger partial charge in [-0.3, -0.25) is 0 Å². The van der Waals surface area contributed by atoms with Crippen LogP contribution in [-0.4, -0.2) is 31.1 Å². The van der Waals surface area contributed by atoms with Crippen molar-refractivity contribution < 1.29 is 0 Å². The first kappa shape index (κ1) is 11.3. The molecule has 3 heteroatoms. The van der Waals surface area contributed by atoms with Gasteiger partial charge in [-0.05, 0) is 44.5 Å². The van der Waals surface area contributed by atoms with Crippen LogP contribution in [0.1, 0.15) is 18.4 Å².